The number of nitriles is 1. The largest absolute Gasteiger partial charge is 0.512 e. The zero-order valence-electron chi connectivity index (χ0n) is 15.2. The topological polar surface area (TPSA) is 125 Å². The maximum atomic E-state index is 11.1. The molecule has 1 aliphatic heterocycles. The van der Waals surface area contributed by atoms with Crippen molar-refractivity contribution in [2.24, 2.45) is 0 Å². The van der Waals surface area contributed by atoms with Gasteiger partial charge in [0.1, 0.15) is 17.5 Å². The first-order valence-corrected chi connectivity index (χ1v) is 11.9. The molecule has 1 aromatic carbocycles. The van der Waals surface area contributed by atoms with E-state index in [-0.39, 0.29) is 34.4 Å². The van der Waals surface area contributed by atoms with Crippen LogP contribution >= 0.6 is 35.0 Å². The van der Waals surface area contributed by atoms with Crippen LogP contribution in [-0.4, -0.2) is 46.2 Å². The lowest BCUT2D eigenvalue weighted by Crippen LogP contribution is -2.54. The molecular weight excluding hydrogens is 457 g/mol. The molecular formula is C18H17Cl2N3O4S2. The number of amidine groups is 1. The van der Waals surface area contributed by atoms with Gasteiger partial charge in [0.05, 0.1) is 27.1 Å². The summed E-state index contributed by atoms with van der Waals surface area (Å²) in [5.74, 6) is -0.360. The normalized spacial score (nSPS) is 24.4. The number of benzene rings is 1. The lowest BCUT2D eigenvalue weighted by molar-refractivity contribution is 0.356. The number of allylic oxidation sites excluding steroid dienone is 1. The van der Waals surface area contributed by atoms with E-state index < -0.39 is 26.7 Å². The Morgan fingerprint density at radius 2 is 2.10 bits per heavy atom. The van der Waals surface area contributed by atoms with Crippen LogP contribution in [0.1, 0.15) is 13.3 Å². The number of aliphatic hydroxyl groups is 1. The van der Waals surface area contributed by atoms with E-state index >= 15 is 0 Å². The number of aliphatic hydroxyl groups excluding tert-OH is 1. The molecule has 154 valence electrons. The van der Waals surface area contributed by atoms with E-state index in [9.17, 15) is 18.8 Å². The minimum absolute atomic E-state index is 0.0402. The molecule has 7 nitrogen and oxygen atoms in total. The molecule has 1 aromatic rings. The van der Waals surface area contributed by atoms with Gasteiger partial charge in [0.15, 0.2) is 0 Å². The van der Waals surface area contributed by atoms with Gasteiger partial charge in [-0.3, -0.25) is 9.96 Å². The minimum atomic E-state index is -4.13. The second-order valence-electron chi connectivity index (χ2n) is 6.82. The number of fused-ring (bicyclic) bond motifs is 1. The van der Waals surface area contributed by atoms with Crippen LogP contribution in [0.5, 0.6) is 0 Å². The molecule has 0 saturated carbocycles. The predicted octanol–water partition coefficient (Wildman–Crippen LogP) is 4.20. The van der Waals surface area contributed by atoms with Gasteiger partial charge in [-0.05, 0) is 31.2 Å². The highest BCUT2D eigenvalue weighted by atomic mass is 35.5. The van der Waals surface area contributed by atoms with Gasteiger partial charge in [-0.25, -0.2) is 0 Å². The number of thioether (sulfide) groups is 1. The molecule has 0 amide bonds. The van der Waals surface area contributed by atoms with E-state index in [0.29, 0.717) is 16.3 Å². The molecule has 1 heterocycles. The second-order valence-corrected chi connectivity index (χ2v) is 10.5. The molecule has 29 heavy (non-hydrogen) atoms. The minimum Gasteiger partial charge on any atom is -0.512 e. The van der Waals surface area contributed by atoms with Crippen LogP contribution in [0, 0.1) is 16.7 Å². The summed E-state index contributed by atoms with van der Waals surface area (Å²) in [7, 11) is -4.13. The van der Waals surface area contributed by atoms with Crippen molar-refractivity contribution in [2.45, 2.75) is 24.1 Å². The predicted molar refractivity (Wildman–Crippen MR) is 116 cm³/mol. The number of nitrogens with one attached hydrogen (secondary N) is 1. The number of rotatable bonds is 5. The standard InChI is InChI=1S/C18H17Cl2N3O4S2/c1-18-13(7-11(24)8-16(18)28-4-5-29(25,26)27)12(9-21)17(22)23(18)10-2-3-14(19)15(20)6-10/h2-3,6-7,16,22,24H,4-5,8H2,1H3,(H,25,26,27). The van der Waals surface area contributed by atoms with Gasteiger partial charge < -0.3 is 10.0 Å². The van der Waals surface area contributed by atoms with Crippen LogP contribution in [0.15, 0.2) is 41.2 Å². The lowest BCUT2D eigenvalue weighted by Gasteiger charge is -2.45. The molecule has 0 fully saturated rings. The molecule has 2 unspecified atom stereocenters. The highest BCUT2D eigenvalue weighted by molar-refractivity contribution is 8.00. The Labute approximate surface area is 182 Å². The van der Waals surface area contributed by atoms with Crippen LogP contribution in [0.2, 0.25) is 10.0 Å². The van der Waals surface area contributed by atoms with Crippen molar-refractivity contribution in [2.75, 3.05) is 16.4 Å². The van der Waals surface area contributed by atoms with Crippen LogP contribution in [0.3, 0.4) is 0 Å². The third-order valence-electron chi connectivity index (χ3n) is 5.01. The van der Waals surface area contributed by atoms with Crippen molar-refractivity contribution in [3.05, 3.63) is 51.2 Å². The van der Waals surface area contributed by atoms with Crippen molar-refractivity contribution in [3.8, 4) is 6.07 Å². The van der Waals surface area contributed by atoms with E-state index in [1.54, 1.807) is 23.1 Å². The van der Waals surface area contributed by atoms with Gasteiger partial charge in [0.25, 0.3) is 10.1 Å². The Kier molecular flexibility index (Phi) is 5.96. The van der Waals surface area contributed by atoms with E-state index in [4.69, 9.17) is 33.2 Å². The summed E-state index contributed by atoms with van der Waals surface area (Å²) >= 11 is 13.4. The second kappa shape index (κ2) is 7.85. The summed E-state index contributed by atoms with van der Waals surface area (Å²) < 4.78 is 31.2. The van der Waals surface area contributed by atoms with Crippen LogP contribution in [0.25, 0.3) is 0 Å². The van der Waals surface area contributed by atoms with Gasteiger partial charge in [0.2, 0.25) is 0 Å². The molecule has 1 aliphatic carbocycles. The number of anilines is 1. The first kappa shape index (κ1) is 22.0. The summed E-state index contributed by atoms with van der Waals surface area (Å²) in [6.07, 6.45) is 1.70. The quantitative estimate of drug-likeness (QED) is 0.546. The van der Waals surface area contributed by atoms with Crippen molar-refractivity contribution in [1.29, 1.82) is 10.7 Å². The molecule has 0 saturated heterocycles. The Morgan fingerprint density at radius 1 is 1.41 bits per heavy atom. The van der Waals surface area contributed by atoms with Gasteiger partial charge in [-0.15, -0.1) is 0 Å². The maximum Gasteiger partial charge on any atom is 0.265 e. The van der Waals surface area contributed by atoms with Crippen molar-refractivity contribution in [3.63, 3.8) is 0 Å². The third kappa shape index (κ3) is 4.00. The molecule has 11 heteroatoms. The lowest BCUT2D eigenvalue weighted by atomic mass is 9.81. The van der Waals surface area contributed by atoms with Crippen LogP contribution in [-0.2, 0) is 10.1 Å². The number of halogens is 2. The monoisotopic (exact) mass is 473 g/mol. The van der Waals surface area contributed by atoms with Crippen molar-refractivity contribution < 1.29 is 18.1 Å². The molecule has 0 spiro atoms. The summed E-state index contributed by atoms with van der Waals surface area (Å²) in [6, 6.07) is 6.91. The van der Waals surface area contributed by atoms with E-state index in [1.165, 1.54) is 17.8 Å². The number of hydrogen-bond donors (Lipinski definition) is 3. The fraction of sp³-hybridized carbons (Fsp3) is 0.333. The molecule has 3 N–H and O–H groups in total. The Balaban J connectivity index is 2.10. The zero-order chi connectivity index (χ0) is 21.6. The van der Waals surface area contributed by atoms with E-state index in [1.807, 2.05) is 13.0 Å². The molecule has 2 atom stereocenters. The molecule has 0 bridgehead atoms. The van der Waals surface area contributed by atoms with Crippen molar-refractivity contribution in [1.82, 2.24) is 0 Å². The average Bonchev–Trinajstić information content (AvgIpc) is 2.83. The fourth-order valence-electron chi connectivity index (χ4n) is 3.65. The molecule has 3 rings (SSSR count). The van der Waals surface area contributed by atoms with Gasteiger partial charge in [0, 0.05) is 28.7 Å². The molecule has 0 aromatic heterocycles. The summed E-state index contributed by atoms with van der Waals surface area (Å²) in [4.78, 5) is 1.65. The highest BCUT2D eigenvalue weighted by Crippen LogP contribution is 2.50. The average molecular weight is 474 g/mol. The first-order valence-electron chi connectivity index (χ1n) is 8.44. The maximum absolute atomic E-state index is 11.1. The Morgan fingerprint density at radius 3 is 2.69 bits per heavy atom. The van der Waals surface area contributed by atoms with Crippen LogP contribution in [0.4, 0.5) is 5.69 Å². The van der Waals surface area contributed by atoms with Crippen molar-refractivity contribution >= 4 is 56.6 Å². The smallest absolute Gasteiger partial charge is 0.265 e. The molecule has 2 aliphatic rings. The summed E-state index contributed by atoms with van der Waals surface area (Å²) in [6.45, 7) is 1.83. The van der Waals surface area contributed by atoms with E-state index in [0.717, 1.165) is 0 Å². The fourth-order valence-corrected chi connectivity index (χ4v) is 6.30. The highest BCUT2D eigenvalue weighted by Gasteiger charge is 2.53. The summed E-state index contributed by atoms with van der Waals surface area (Å²) in [5, 5.41) is 28.7. The van der Waals surface area contributed by atoms with Gasteiger partial charge in [-0.2, -0.15) is 25.4 Å². The van der Waals surface area contributed by atoms with Gasteiger partial charge in [-0.1, -0.05) is 23.2 Å². The number of hydrogen-bond acceptors (Lipinski definition) is 6. The SMILES string of the molecule is CC12C(=C(C#N)C(=N)N1c1ccc(Cl)c(Cl)c1)C=C(O)CC2SCCS(=O)(=O)O. The Hall–Kier alpha value is -1.70. The van der Waals surface area contributed by atoms with Crippen LogP contribution < -0.4 is 4.90 Å². The van der Waals surface area contributed by atoms with E-state index in [2.05, 4.69) is 0 Å². The zero-order valence-corrected chi connectivity index (χ0v) is 18.3. The summed E-state index contributed by atoms with van der Waals surface area (Å²) in [5.41, 5.74) is 0.217. The Bertz CT molecular complexity index is 1090. The van der Waals surface area contributed by atoms with Gasteiger partial charge >= 0.3 is 0 Å². The third-order valence-corrected chi connectivity index (χ3v) is 8.19. The molecule has 0 radical (unpaired) electrons. The number of nitrogens with zero attached hydrogens (tertiary/aromatic N) is 2. The first-order chi connectivity index (χ1) is 13.5.